The molecule has 1 aromatic rings. The lowest BCUT2D eigenvalue weighted by Crippen LogP contribution is -2.18. The van der Waals surface area contributed by atoms with Crippen molar-refractivity contribution in [2.75, 3.05) is 12.2 Å². The fourth-order valence-corrected chi connectivity index (χ4v) is 2.01. The normalized spacial score (nSPS) is 12.3. The molecule has 1 radical (unpaired) electrons. The van der Waals surface area contributed by atoms with E-state index < -0.39 is 19.4 Å². The SMILES string of the molecule is CO/N=C(\C([NH])=O)c1nsc(NP(=O)(O)O)n1. The summed E-state index contributed by atoms with van der Waals surface area (Å²) in [5.74, 6) is -1.42. The molecule has 0 fully saturated rings. The molecule has 0 spiro atoms. The molecule has 1 aromatic heterocycles. The molecule has 12 heteroatoms. The number of rotatable bonds is 5. The van der Waals surface area contributed by atoms with Crippen LogP contribution in [0.4, 0.5) is 5.13 Å². The molecule has 1 rings (SSSR count). The van der Waals surface area contributed by atoms with E-state index in [-0.39, 0.29) is 11.0 Å². The van der Waals surface area contributed by atoms with Crippen LogP contribution in [-0.2, 0) is 14.2 Å². The molecule has 1 heterocycles. The maximum absolute atomic E-state index is 10.8. The Labute approximate surface area is 98.9 Å². The Morgan fingerprint density at radius 1 is 1.65 bits per heavy atom. The van der Waals surface area contributed by atoms with Crippen molar-refractivity contribution in [2.24, 2.45) is 5.16 Å². The molecule has 0 aromatic carbocycles. The average molecular weight is 280 g/mol. The molecule has 0 aliphatic rings. The second-order valence-corrected chi connectivity index (χ2v) is 4.59. The first-order valence-electron chi connectivity index (χ1n) is 3.88. The van der Waals surface area contributed by atoms with Crippen molar-refractivity contribution in [3.63, 3.8) is 0 Å². The second kappa shape index (κ2) is 5.19. The minimum Gasteiger partial charge on any atom is -0.398 e. The van der Waals surface area contributed by atoms with Crippen molar-refractivity contribution in [1.82, 2.24) is 15.1 Å². The smallest absolute Gasteiger partial charge is 0.398 e. The molecular formula is C5H7N5O5PS. The molecule has 10 nitrogen and oxygen atoms in total. The zero-order valence-electron chi connectivity index (χ0n) is 8.32. The van der Waals surface area contributed by atoms with Gasteiger partial charge in [-0.2, -0.15) is 9.36 Å². The first kappa shape index (κ1) is 13.5. The zero-order chi connectivity index (χ0) is 13.1. The molecule has 0 aliphatic carbocycles. The van der Waals surface area contributed by atoms with Gasteiger partial charge in [0.2, 0.25) is 16.7 Å². The van der Waals surface area contributed by atoms with Crippen molar-refractivity contribution in [1.29, 1.82) is 0 Å². The first-order valence-corrected chi connectivity index (χ1v) is 6.27. The number of hydrogen-bond acceptors (Lipinski definition) is 7. The monoisotopic (exact) mass is 280 g/mol. The van der Waals surface area contributed by atoms with Gasteiger partial charge in [0.1, 0.15) is 7.11 Å². The number of oxime groups is 1. The fraction of sp³-hybridized carbons (Fsp3) is 0.200. The van der Waals surface area contributed by atoms with Crippen molar-refractivity contribution < 1.29 is 24.0 Å². The zero-order valence-corrected chi connectivity index (χ0v) is 10.0. The predicted molar refractivity (Wildman–Crippen MR) is 57.2 cm³/mol. The Morgan fingerprint density at radius 3 is 2.76 bits per heavy atom. The quantitative estimate of drug-likeness (QED) is 0.359. The van der Waals surface area contributed by atoms with Crippen LogP contribution in [-0.4, -0.2) is 37.9 Å². The van der Waals surface area contributed by atoms with Crippen LogP contribution in [0.3, 0.4) is 0 Å². The van der Waals surface area contributed by atoms with Gasteiger partial charge in [-0.15, -0.1) is 0 Å². The highest BCUT2D eigenvalue weighted by atomic mass is 32.1. The summed E-state index contributed by atoms with van der Waals surface area (Å²) in [5.41, 5.74) is 6.41. The lowest BCUT2D eigenvalue weighted by molar-refractivity contribution is -0.112. The molecule has 0 atom stereocenters. The van der Waals surface area contributed by atoms with E-state index in [1.165, 1.54) is 7.11 Å². The number of aromatic nitrogens is 2. The Morgan fingerprint density at radius 2 is 2.29 bits per heavy atom. The van der Waals surface area contributed by atoms with E-state index in [0.717, 1.165) is 0 Å². The molecule has 4 N–H and O–H groups in total. The van der Waals surface area contributed by atoms with Gasteiger partial charge in [-0.05, 0) is 0 Å². The van der Waals surface area contributed by atoms with Crippen LogP contribution in [0.5, 0.6) is 0 Å². The van der Waals surface area contributed by atoms with Crippen LogP contribution >= 0.6 is 19.3 Å². The number of nitrogens with zero attached hydrogens (tertiary/aromatic N) is 3. The van der Waals surface area contributed by atoms with E-state index in [4.69, 9.17) is 15.5 Å². The van der Waals surface area contributed by atoms with Gasteiger partial charge in [0.25, 0.3) is 5.91 Å². The fourth-order valence-electron chi connectivity index (χ4n) is 0.765. The minimum atomic E-state index is -4.49. The third kappa shape index (κ3) is 4.07. The van der Waals surface area contributed by atoms with E-state index in [9.17, 15) is 9.36 Å². The van der Waals surface area contributed by atoms with Crippen LogP contribution < -0.4 is 10.8 Å². The van der Waals surface area contributed by atoms with E-state index in [1.54, 1.807) is 5.09 Å². The maximum atomic E-state index is 10.8. The third-order valence-electron chi connectivity index (χ3n) is 1.28. The van der Waals surface area contributed by atoms with Crippen LogP contribution in [0, 0.1) is 0 Å². The van der Waals surface area contributed by atoms with Crippen LogP contribution in [0.1, 0.15) is 5.82 Å². The lowest BCUT2D eigenvalue weighted by atomic mass is 10.3. The molecule has 1 amide bonds. The van der Waals surface area contributed by atoms with Crippen LogP contribution in [0.15, 0.2) is 5.16 Å². The predicted octanol–water partition coefficient (Wildman–Crippen LogP) is -0.797. The Hall–Kier alpha value is -1.55. The van der Waals surface area contributed by atoms with Gasteiger partial charge in [0.15, 0.2) is 0 Å². The number of hydrogen-bond donors (Lipinski definition) is 3. The standard InChI is InChI=1S/C5H7N5O5PS/c1-15-8-2(3(6)11)4-7-5(17-10-4)9-16(12,13)14/h6H,1H3,(H3,7,9,10,12,13,14)/b8-2+. The number of carbonyl (C=O) groups is 1. The molecule has 0 aliphatic heterocycles. The van der Waals surface area contributed by atoms with Gasteiger partial charge in [0, 0.05) is 11.5 Å². The summed E-state index contributed by atoms with van der Waals surface area (Å²) < 4.78 is 14.2. The molecule has 0 saturated carbocycles. The Balaban J connectivity index is 2.97. The van der Waals surface area contributed by atoms with Crippen molar-refractivity contribution in [2.45, 2.75) is 0 Å². The molecule has 17 heavy (non-hydrogen) atoms. The van der Waals surface area contributed by atoms with Gasteiger partial charge >= 0.3 is 7.75 Å². The van der Waals surface area contributed by atoms with Gasteiger partial charge < -0.3 is 14.6 Å². The highest BCUT2D eigenvalue weighted by Gasteiger charge is 2.21. The Kier molecular flexibility index (Phi) is 4.12. The van der Waals surface area contributed by atoms with Crippen molar-refractivity contribution >= 4 is 36.0 Å². The van der Waals surface area contributed by atoms with Gasteiger partial charge in [-0.3, -0.25) is 15.6 Å². The van der Waals surface area contributed by atoms with Crippen LogP contribution in [0.2, 0.25) is 0 Å². The summed E-state index contributed by atoms with van der Waals surface area (Å²) in [6.45, 7) is 0. The van der Waals surface area contributed by atoms with Crippen LogP contribution in [0.25, 0.3) is 0 Å². The summed E-state index contributed by atoms with van der Waals surface area (Å²) in [5, 5.41) is 4.83. The number of carbonyl (C=O) groups excluding carboxylic acids is 1. The third-order valence-corrected chi connectivity index (χ3v) is 2.56. The largest absolute Gasteiger partial charge is 0.429 e. The van der Waals surface area contributed by atoms with E-state index >= 15 is 0 Å². The molecule has 93 valence electrons. The summed E-state index contributed by atoms with van der Waals surface area (Å²) in [6.07, 6.45) is 0. The molecule has 0 unspecified atom stereocenters. The first-order chi connectivity index (χ1) is 7.83. The van der Waals surface area contributed by atoms with Crippen molar-refractivity contribution in [3.8, 4) is 0 Å². The average Bonchev–Trinajstić information content (AvgIpc) is 2.59. The van der Waals surface area contributed by atoms with Gasteiger partial charge in [-0.25, -0.2) is 4.57 Å². The van der Waals surface area contributed by atoms with Crippen molar-refractivity contribution in [3.05, 3.63) is 5.82 Å². The van der Waals surface area contributed by atoms with E-state index in [1.807, 2.05) is 0 Å². The topological polar surface area (TPSA) is 158 Å². The van der Waals surface area contributed by atoms with Gasteiger partial charge in [0.05, 0.1) is 0 Å². The number of nitrogens with one attached hydrogen (secondary N) is 2. The Bertz CT molecular complexity index is 495. The second-order valence-electron chi connectivity index (χ2n) is 2.53. The summed E-state index contributed by atoms with van der Waals surface area (Å²) in [6, 6.07) is 0. The highest BCUT2D eigenvalue weighted by Crippen LogP contribution is 2.35. The molecule has 0 saturated heterocycles. The summed E-state index contributed by atoms with van der Waals surface area (Å²) in [4.78, 5) is 36.0. The number of anilines is 1. The lowest BCUT2D eigenvalue weighted by Gasteiger charge is -2.01. The number of amides is 1. The molecular weight excluding hydrogens is 273 g/mol. The van der Waals surface area contributed by atoms with E-state index in [2.05, 4.69) is 19.4 Å². The van der Waals surface area contributed by atoms with Gasteiger partial charge in [-0.1, -0.05) is 5.16 Å². The summed E-state index contributed by atoms with van der Waals surface area (Å²) >= 11 is 0.612. The highest BCUT2D eigenvalue weighted by molar-refractivity contribution is 7.54. The maximum Gasteiger partial charge on any atom is 0.429 e. The summed E-state index contributed by atoms with van der Waals surface area (Å²) in [7, 11) is -3.32. The van der Waals surface area contributed by atoms with E-state index in [0.29, 0.717) is 11.5 Å². The minimum absolute atomic E-state index is 0.196. The molecule has 0 bridgehead atoms.